The van der Waals surface area contributed by atoms with Crippen LogP contribution >= 0.6 is 11.6 Å². The summed E-state index contributed by atoms with van der Waals surface area (Å²) in [6.45, 7) is 1.76. The fourth-order valence-corrected chi connectivity index (χ4v) is 3.48. The zero-order valence-corrected chi connectivity index (χ0v) is 15.6. The van der Waals surface area contributed by atoms with Gasteiger partial charge in [-0.3, -0.25) is 0 Å². The van der Waals surface area contributed by atoms with Crippen LogP contribution in [0.2, 0.25) is 5.02 Å². The van der Waals surface area contributed by atoms with Crippen molar-refractivity contribution in [2.24, 2.45) is 5.92 Å². The Bertz CT molecular complexity index is 587. The smallest absolute Gasteiger partial charge is 0.408 e. The summed E-state index contributed by atoms with van der Waals surface area (Å²) >= 11 is 5.96. The van der Waals surface area contributed by atoms with Gasteiger partial charge in [0.2, 0.25) is 0 Å². The SMILES string of the molecule is COC(=O)[C@H](CC1CCCCC1)NC(=O)OC(C)c1cccc(Cl)c1. The molecule has 0 radical (unpaired) electrons. The Kier molecular flexibility index (Phi) is 7.56. The molecule has 1 aromatic rings. The van der Waals surface area contributed by atoms with Gasteiger partial charge in [0.05, 0.1) is 7.11 Å². The number of nitrogens with one attached hydrogen (secondary N) is 1. The summed E-state index contributed by atoms with van der Waals surface area (Å²) in [7, 11) is 1.33. The lowest BCUT2D eigenvalue weighted by Crippen LogP contribution is -2.43. The molecule has 0 aliphatic heterocycles. The first-order valence-electron chi connectivity index (χ1n) is 8.80. The number of hydrogen-bond donors (Lipinski definition) is 1. The van der Waals surface area contributed by atoms with E-state index in [0.717, 1.165) is 18.4 Å². The van der Waals surface area contributed by atoms with Crippen molar-refractivity contribution in [1.82, 2.24) is 5.32 Å². The van der Waals surface area contributed by atoms with E-state index in [1.807, 2.05) is 6.07 Å². The van der Waals surface area contributed by atoms with Crippen LogP contribution in [0.25, 0.3) is 0 Å². The van der Waals surface area contributed by atoms with E-state index in [1.165, 1.54) is 26.4 Å². The van der Waals surface area contributed by atoms with Gasteiger partial charge in [-0.25, -0.2) is 9.59 Å². The molecule has 0 aromatic heterocycles. The molecule has 5 nitrogen and oxygen atoms in total. The van der Waals surface area contributed by atoms with E-state index in [0.29, 0.717) is 17.4 Å². The third-order valence-corrected chi connectivity index (χ3v) is 4.91. The number of alkyl carbamates (subject to hydrolysis) is 1. The van der Waals surface area contributed by atoms with Crippen LogP contribution in [0.4, 0.5) is 4.79 Å². The average molecular weight is 368 g/mol. The first-order chi connectivity index (χ1) is 12.0. The lowest BCUT2D eigenvalue weighted by atomic mass is 9.85. The summed E-state index contributed by atoms with van der Waals surface area (Å²) in [5, 5.41) is 3.24. The van der Waals surface area contributed by atoms with E-state index in [4.69, 9.17) is 21.1 Å². The number of halogens is 1. The van der Waals surface area contributed by atoms with Crippen molar-refractivity contribution in [2.75, 3.05) is 7.11 Å². The Morgan fingerprint density at radius 1 is 1.28 bits per heavy atom. The molecule has 0 bridgehead atoms. The number of carbonyl (C=O) groups excluding carboxylic acids is 2. The highest BCUT2D eigenvalue weighted by molar-refractivity contribution is 6.30. The quantitative estimate of drug-likeness (QED) is 0.744. The van der Waals surface area contributed by atoms with Crippen LogP contribution in [0.5, 0.6) is 0 Å². The molecule has 1 aromatic carbocycles. The predicted octanol–water partition coefficient (Wildman–Crippen LogP) is 4.64. The van der Waals surface area contributed by atoms with Crippen LogP contribution in [0.3, 0.4) is 0 Å². The molecule has 2 rings (SSSR count). The molecular weight excluding hydrogens is 342 g/mol. The summed E-state index contributed by atoms with van der Waals surface area (Å²) in [5.41, 5.74) is 0.796. The fourth-order valence-electron chi connectivity index (χ4n) is 3.28. The van der Waals surface area contributed by atoms with E-state index < -0.39 is 24.2 Å². The molecule has 0 heterocycles. The van der Waals surface area contributed by atoms with Crippen molar-refractivity contribution in [3.63, 3.8) is 0 Å². The number of esters is 1. The van der Waals surface area contributed by atoms with Crippen molar-refractivity contribution in [1.29, 1.82) is 0 Å². The topological polar surface area (TPSA) is 64.6 Å². The Balaban J connectivity index is 1.92. The van der Waals surface area contributed by atoms with Crippen LogP contribution in [-0.2, 0) is 14.3 Å². The lowest BCUT2D eigenvalue weighted by molar-refractivity contribution is -0.143. The molecule has 1 aliphatic carbocycles. The Morgan fingerprint density at radius 2 is 2.00 bits per heavy atom. The van der Waals surface area contributed by atoms with Gasteiger partial charge in [-0.15, -0.1) is 0 Å². The standard InChI is InChI=1S/C19H26ClNO4/c1-13(15-9-6-10-16(20)12-15)25-19(23)21-17(18(22)24-2)11-14-7-4-3-5-8-14/h6,9-10,12-14,17H,3-5,7-8,11H2,1-2H3,(H,21,23)/t13?,17-/m0/s1. The van der Waals surface area contributed by atoms with Crippen LogP contribution in [0.1, 0.15) is 57.1 Å². The van der Waals surface area contributed by atoms with Crippen molar-refractivity contribution >= 4 is 23.7 Å². The second-order valence-corrected chi connectivity index (χ2v) is 7.00. The molecule has 138 valence electrons. The van der Waals surface area contributed by atoms with Crippen LogP contribution in [0, 0.1) is 5.92 Å². The molecular formula is C19H26ClNO4. The highest BCUT2D eigenvalue weighted by Gasteiger charge is 2.27. The summed E-state index contributed by atoms with van der Waals surface area (Å²) in [4.78, 5) is 24.2. The second-order valence-electron chi connectivity index (χ2n) is 6.56. The van der Waals surface area contributed by atoms with Crippen molar-refractivity contribution in [3.8, 4) is 0 Å². The molecule has 25 heavy (non-hydrogen) atoms. The number of hydrogen-bond acceptors (Lipinski definition) is 4. The third kappa shape index (κ3) is 6.24. The first-order valence-corrected chi connectivity index (χ1v) is 9.18. The number of methoxy groups -OCH3 is 1. The minimum atomic E-state index is -0.674. The minimum absolute atomic E-state index is 0.432. The maximum Gasteiger partial charge on any atom is 0.408 e. The fraction of sp³-hybridized carbons (Fsp3) is 0.579. The number of amides is 1. The van der Waals surface area contributed by atoms with Gasteiger partial charge in [-0.1, -0.05) is 55.8 Å². The summed E-state index contributed by atoms with van der Waals surface area (Å²) in [6, 6.07) is 6.47. The van der Waals surface area contributed by atoms with Gasteiger partial charge in [0.25, 0.3) is 0 Å². The van der Waals surface area contributed by atoms with E-state index >= 15 is 0 Å². The van der Waals surface area contributed by atoms with Gasteiger partial charge >= 0.3 is 12.1 Å². The van der Waals surface area contributed by atoms with Crippen LogP contribution in [-0.4, -0.2) is 25.2 Å². The largest absolute Gasteiger partial charge is 0.467 e. The van der Waals surface area contributed by atoms with E-state index in [1.54, 1.807) is 25.1 Å². The van der Waals surface area contributed by atoms with E-state index in [-0.39, 0.29) is 0 Å². The Morgan fingerprint density at radius 3 is 2.64 bits per heavy atom. The van der Waals surface area contributed by atoms with Gasteiger partial charge in [-0.05, 0) is 37.0 Å². The molecule has 0 saturated heterocycles. The zero-order chi connectivity index (χ0) is 18.2. The van der Waals surface area contributed by atoms with Crippen LogP contribution in [0.15, 0.2) is 24.3 Å². The molecule has 1 amide bonds. The first kappa shape index (κ1) is 19.6. The van der Waals surface area contributed by atoms with Crippen molar-refractivity contribution in [2.45, 2.75) is 57.6 Å². The summed E-state index contributed by atoms with van der Waals surface area (Å²) in [6.07, 6.45) is 5.26. The Hall–Kier alpha value is -1.75. The zero-order valence-electron chi connectivity index (χ0n) is 14.8. The third-order valence-electron chi connectivity index (χ3n) is 4.67. The maximum absolute atomic E-state index is 12.2. The lowest BCUT2D eigenvalue weighted by Gasteiger charge is -2.26. The molecule has 1 saturated carbocycles. The van der Waals surface area contributed by atoms with Gasteiger partial charge in [-0.2, -0.15) is 0 Å². The monoisotopic (exact) mass is 367 g/mol. The molecule has 1 N–H and O–H groups in total. The van der Waals surface area contributed by atoms with Crippen LogP contribution < -0.4 is 5.32 Å². The van der Waals surface area contributed by atoms with E-state index in [9.17, 15) is 9.59 Å². The minimum Gasteiger partial charge on any atom is -0.467 e. The number of ether oxygens (including phenoxy) is 2. The average Bonchev–Trinajstić information content (AvgIpc) is 2.61. The highest BCUT2D eigenvalue weighted by Crippen LogP contribution is 2.28. The van der Waals surface area contributed by atoms with E-state index in [2.05, 4.69) is 5.32 Å². The molecule has 1 unspecified atom stereocenters. The number of benzene rings is 1. The molecule has 2 atom stereocenters. The van der Waals surface area contributed by atoms with Gasteiger partial charge in [0.15, 0.2) is 0 Å². The van der Waals surface area contributed by atoms with Crippen molar-refractivity contribution < 1.29 is 19.1 Å². The van der Waals surface area contributed by atoms with Gasteiger partial charge in [0, 0.05) is 5.02 Å². The molecule has 1 fully saturated rings. The summed E-state index contributed by atoms with van der Waals surface area (Å²) in [5.74, 6) is 0.00133. The molecule has 1 aliphatic rings. The number of carbonyl (C=O) groups is 2. The maximum atomic E-state index is 12.2. The Labute approximate surface area is 154 Å². The normalized spacial score (nSPS) is 17.4. The van der Waals surface area contributed by atoms with Gasteiger partial charge < -0.3 is 14.8 Å². The predicted molar refractivity (Wildman–Crippen MR) is 96.5 cm³/mol. The highest BCUT2D eigenvalue weighted by atomic mass is 35.5. The molecule has 0 spiro atoms. The number of rotatable bonds is 6. The van der Waals surface area contributed by atoms with Gasteiger partial charge in [0.1, 0.15) is 12.1 Å². The summed E-state index contributed by atoms with van der Waals surface area (Å²) < 4.78 is 10.2. The molecule has 6 heteroatoms. The van der Waals surface area contributed by atoms with Crippen molar-refractivity contribution in [3.05, 3.63) is 34.9 Å². The second kappa shape index (κ2) is 9.66.